The molecule has 0 unspecified atom stereocenters. The Morgan fingerprint density at radius 1 is 1.09 bits per heavy atom. The minimum absolute atomic E-state index is 0.238. The van der Waals surface area contributed by atoms with Crippen LogP contribution < -0.4 is 5.32 Å². The van der Waals surface area contributed by atoms with E-state index in [9.17, 15) is 27.2 Å². The summed E-state index contributed by atoms with van der Waals surface area (Å²) in [7, 11) is 0. The number of benzene rings is 1. The van der Waals surface area contributed by atoms with Gasteiger partial charge in [-0.05, 0) is 30.3 Å². The number of hydrogen-bond donors (Lipinski definition) is 2. The Hall–Kier alpha value is -2.97. The Kier molecular flexibility index (Phi) is 4.30. The van der Waals surface area contributed by atoms with Gasteiger partial charge in [0.15, 0.2) is 0 Å². The van der Waals surface area contributed by atoms with Crippen LogP contribution >= 0.6 is 0 Å². The second kappa shape index (κ2) is 6.03. The smallest absolute Gasteiger partial charge is 0.433 e. The van der Waals surface area contributed by atoms with Crippen LogP contribution in [0.15, 0.2) is 36.5 Å². The van der Waals surface area contributed by atoms with Crippen LogP contribution in [0.25, 0.3) is 0 Å². The third-order valence-electron chi connectivity index (χ3n) is 2.78. The molecule has 9 heteroatoms. The molecule has 0 aliphatic rings. The van der Waals surface area contributed by atoms with E-state index in [1.807, 2.05) is 0 Å². The van der Waals surface area contributed by atoms with Crippen LogP contribution in [0.1, 0.15) is 26.4 Å². The number of pyridine rings is 1. The topological polar surface area (TPSA) is 79.3 Å². The fourth-order valence-corrected chi connectivity index (χ4v) is 1.64. The molecule has 0 saturated carbocycles. The molecule has 23 heavy (non-hydrogen) atoms. The first kappa shape index (κ1) is 16.4. The molecule has 0 atom stereocenters. The van der Waals surface area contributed by atoms with Crippen LogP contribution in [0.4, 0.5) is 23.2 Å². The van der Waals surface area contributed by atoms with Gasteiger partial charge in [0, 0.05) is 6.20 Å². The zero-order valence-corrected chi connectivity index (χ0v) is 11.2. The maximum absolute atomic E-state index is 13.6. The number of amides is 1. The summed E-state index contributed by atoms with van der Waals surface area (Å²) in [6.45, 7) is 0. The molecule has 1 aromatic carbocycles. The number of carboxylic acid groups (broad SMARTS) is 1. The normalized spacial score (nSPS) is 11.1. The summed E-state index contributed by atoms with van der Waals surface area (Å²) < 4.78 is 50.7. The molecule has 0 saturated heterocycles. The van der Waals surface area contributed by atoms with E-state index in [-0.39, 0.29) is 11.1 Å². The summed E-state index contributed by atoms with van der Waals surface area (Å²) in [6.07, 6.45) is -3.95. The van der Waals surface area contributed by atoms with E-state index < -0.39 is 35.3 Å². The Balaban J connectivity index is 2.22. The van der Waals surface area contributed by atoms with E-state index in [2.05, 4.69) is 10.3 Å². The molecular weight excluding hydrogens is 320 g/mol. The van der Waals surface area contributed by atoms with Crippen LogP contribution in [-0.4, -0.2) is 22.0 Å². The van der Waals surface area contributed by atoms with Crippen molar-refractivity contribution < 1.29 is 32.3 Å². The number of carbonyl (C=O) groups is 2. The number of aromatic nitrogens is 1. The van der Waals surface area contributed by atoms with Gasteiger partial charge in [0.25, 0.3) is 5.91 Å². The quantitative estimate of drug-likeness (QED) is 0.848. The summed E-state index contributed by atoms with van der Waals surface area (Å²) in [4.78, 5) is 25.8. The minimum atomic E-state index is -4.64. The fourth-order valence-electron chi connectivity index (χ4n) is 1.64. The standard InChI is InChI=1S/C14H8F4N2O3/c15-9-3-1-7(13(22)23)5-10(9)20-12(21)8-2-4-11(19-6-8)14(16,17)18/h1-6H,(H,20,21)(H,22,23). The Labute approximate surface area is 126 Å². The SMILES string of the molecule is O=C(O)c1ccc(F)c(NC(=O)c2ccc(C(F)(F)F)nc2)c1. The van der Waals surface area contributed by atoms with Gasteiger partial charge < -0.3 is 10.4 Å². The lowest BCUT2D eigenvalue weighted by molar-refractivity contribution is -0.141. The highest BCUT2D eigenvalue weighted by molar-refractivity contribution is 6.04. The predicted molar refractivity (Wildman–Crippen MR) is 70.6 cm³/mol. The largest absolute Gasteiger partial charge is 0.478 e. The monoisotopic (exact) mass is 328 g/mol. The lowest BCUT2D eigenvalue weighted by atomic mass is 10.2. The molecule has 5 nitrogen and oxygen atoms in total. The number of rotatable bonds is 3. The van der Waals surface area contributed by atoms with E-state index in [1.54, 1.807) is 0 Å². The second-order valence-electron chi connectivity index (χ2n) is 4.38. The minimum Gasteiger partial charge on any atom is -0.478 e. The summed E-state index contributed by atoms with van der Waals surface area (Å²) >= 11 is 0. The highest BCUT2D eigenvalue weighted by atomic mass is 19.4. The molecule has 0 bridgehead atoms. The summed E-state index contributed by atoms with van der Waals surface area (Å²) in [5.74, 6) is -3.13. The summed E-state index contributed by atoms with van der Waals surface area (Å²) in [5.41, 5.74) is -2.08. The second-order valence-corrected chi connectivity index (χ2v) is 4.38. The van der Waals surface area contributed by atoms with Gasteiger partial charge in [-0.25, -0.2) is 9.18 Å². The number of hydrogen-bond acceptors (Lipinski definition) is 3. The molecule has 120 valence electrons. The van der Waals surface area contributed by atoms with Gasteiger partial charge in [-0.15, -0.1) is 0 Å². The number of alkyl halides is 3. The number of carbonyl (C=O) groups excluding carboxylic acids is 1. The van der Waals surface area contributed by atoms with Gasteiger partial charge in [0.1, 0.15) is 11.5 Å². The van der Waals surface area contributed by atoms with Gasteiger partial charge in [0.05, 0.1) is 16.8 Å². The number of nitrogens with zero attached hydrogens (tertiary/aromatic N) is 1. The maximum atomic E-state index is 13.6. The Morgan fingerprint density at radius 3 is 2.26 bits per heavy atom. The van der Waals surface area contributed by atoms with Crippen molar-refractivity contribution in [1.29, 1.82) is 0 Å². The van der Waals surface area contributed by atoms with Crippen molar-refractivity contribution in [3.8, 4) is 0 Å². The van der Waals surface area contributed by atoms with Gasteiger partial charge >= 0.3 is 12.1 Å². The van der Waals surface area contributed by atoms with Gasteiger partial charge in [-0.3, -0.25) is 9.78 Å². The maximum Gasteiger partial charge on any atom is 0.433 e. The molecule has 2 aromatic rings. The van der Waals surface area contributed by atoms with E-state index in [0.717, 1.165) is 24.3 Å². The molecule has 0 fully saturated rings. The molecule has 2 N–H and O–H groups in total. The Morgan fingerprint density at radius 2 is 1.74 bits per heavy atom. The van der Waals surface area contributed by atoms with E-state index in [1.165, 1.54) is 0 Å². The van der Waals surface area contributed by atoms with Crippen molar-refractivity contribution in [3.63, 3.8) is 0 Å². The van der Waals surface area contributed by atoms with E-state index in [4.69, 9.17) is 5.11 Å². The summed E-state index contributed by atoms with van der Waals surface area (Å²) in [5, 5.41) is 10.9. The number of anilines is 1. The number of nitrogens with one attached hydrogen (secondary N) is 1. The van der Waals surface area contributed by atoms with E-state index in [0.29, 0.717) is 12.3 Å². The molecule has 1 heterocycles. The van der Waals surface area contributed by atoms with Gasteiger partial charge in [0.2, 0.25) is 0 Å². The van der Waals surface area contributed by atoms with Crippen molar-refractivity contribution >= 4 is 17.6 Å². The number of aromatic carboxylic acids is 1. The van der Waals surface area contributed by atoms with Crippen molar-refractivity contribution in [3.05, 3.63) is 59.2 Å². The fraction of sp³-hybridized carbons (Fsp3) is 0.0714. The number of carboxylic acids is 1. The third kappa shape index (κ3) is 3.82. The average Bonchev–Trinajstić information content (AvgIpc) is 2.48. The molecular formula is C14H8F4N2O3. The van der Waals surface area contributed by atoms with Crippen LogP contribution in [-0.2, 0) is 6.18 Å². The van der Waals surface area contributed by atoms with Crippen LogP contribution in [0.3, 0.4) is 0 Å². The highest BCUT2D eigenvalue weighted by Gasteiger charge is 2.32. The lowest BCUT2D eigenvalue weighted by Gasteiger charge is -2.09. The Bertz CT molecular complexity index is 758. The lowest BCUT2D eigenvalue weighted by Crippen LogP contribution is -2.15. The number of halogens is 4. The molecule has 0 aliphatic heterocycles. The first-order chi connectivity index (χ1) is 10.7. The van der Waals surface area contributed by atoms with Crippen LogP contribution in [0.2, 0.25) is 0 Å². The van der Waals surface area contributed by atoms with Gasteiger partial charge in [-0.2, -0.15) is 13.2 Å². The molecule has 0 aliphatic carbocycles. The van der Waals surface area contributed by atoms with Crippen molar-refractivity contribution in [2.75, 3.05) is 5.32 Å². The average molecular weight is 328 g/mol. The molecule has 0 radical (unpaired) electrons. The molecule has 1 aromatic heterocycles. The molecule has 0 spiro atoms. The van der Waals surface area contributed by atoms with Gasteiger partial charge in [-0.1, -0.05) is 0 Å². The van der Waals surface area contributed by atoms with Crippen LogP contribution in [0.5, 0.6) is 0 Å². The zero-order valence-electron chi connectivity index (χ0n) is 11.2. The highest BCUT2D eigenvalue weighted by Crippen LogP contribution is 2.27. The first-order valence-electron chi connectivity index (χ1n) is 6.06. The molecule has 1 amide bonds. The first-order valence-corrected chi connectivity index (χ1v) is 6.06. The predicted octanol–water partition coefficient (Wildman–Crippen LogP) is 3.19. The third-order valence-corrected chi connectivity index (χ3v) is 2.78. The zero-order chi connectivity index (χ0) is 17.2. The van der Waals surface area contributed by atoms with E-state index >= 15 is 0 Å². The van der Waals surface area contributed by atoms with Crippen molar-refractivity contribution in [2.24, 2.45) is 0 Å². The van der Waals surface area contributed by atoms with Crippen molar-refractivity contribution in [1.82, 2.24) is 4.98 Å². The van der Waals surface area contributed by atoms with Crippen molar-refractivity contribution in [2.45, 2.75) is 6.18 Å². The van der Waals surface area contributed by atoms with Crippen LogP contribution in [0, 0.1) is 5.82 Å². The molecule has 2 rings (SSSR count). The summed E-state index contributed by atoms with van der Waals surface area (Å²) in [6, 6.07) is 4.24.